The average molecular weight is 338 g/mol. The van der Waals surface area contributed by atoms with Gasteiger partial charge in [0.25, 0.3) is 15.9 Å². The predicted molar refractivity (Wildman–Crippen MR) is 83.8 cm³/mol. The third-order valence-corrected chi connectivity index (χ3v) is 4.56. The van der Waals surface area contributed by atoms with Gasteiger partial charge < -0.3 is 9.26 Å². The molecule has 1 aromatic heterocycles. The SMILES string of the molecule is CCOC(=O)c1c(C)noc1NS(=O)(=O)c1ccc(CC)cc1. The standard InChI is InChI=1S/C15H18N2O5S/c1-4-11-6-8-12(9-7-11)23(19,20)17-14-13(10(3)16-22-14)15(18)21-5-2/h6-9,17H,4-5H2,1-3H3. The van der Waals surface area contributed by atoms with Gasteiger partial charge in [-0.05, 0) is 38.0 Å². The van der Waals surface area contributed by atoms with Crippen molar-refractivity contribution in [2.45, 2.75) is 32.1 Å². The Kier molecular flexibility index (Phi) is 5.05. The van der Waals surface area contributed by atoms with Gasteiger partial charge in [-0.3, -0.25) is 0 Å². The Hall–Kier alpha value is -2.35. The highest BCUT2D eigenvalue weighted by molar-refractivity contribution is 7.92. The van der Waals surface area contributed by atoms with E-state index in [-0.39, 0.29) is 28.6 Å². The van der Waals surface area contributed by atoms with E-state index in [1.54, 1.807) is 19.1 Å². The van der Waals surface area contributed by atoms with Crippen LogP contribution in [0.4, 0.5) is 5.88 Å². The predicted octanol–water partition coefficient (Wildman–Crippen LogP) is 2.52. The van der Waals surface area contributed by atoms with Crippen LogP contribution in [0.15, 0.2) is 33.7 Å². The van der Waals surface area contributed by atoms with Crippen LogP contribution in [0.2, 0.25) is 0 Å². The van der Waals surface area contributed by atoms with E-state index in [1.165, 1.54) is 19.1 Å². The lowest BCUT2D eigenvalue weighted by Gasteiger charge is -2.07. The summed E-state index contributed by atoms with van der Waals surface area (Å²) >= 11 is 0. The Balaban J connectivity index is 2.32. The summed E-state index contributed by atoms with van der Waals surface area (Å²) < 4.78 is 36.8. The third kappa shape index (κ3) is 3.70. The van der Waals surface area contributed by atoms with Crippen molar-refractivity contribution in [3.05, 3.63) is 41.1 Å². The molecule has 0 saturated heterocycles. The number of hydrogen-bond donors (Lipinski definition) is 1. The fourth-order valence-corrected chi connectivity index (χ4v) is 2.96. The van der Waals surface area contributed by atoms with Gasteiger partial charge >= 0.3 is 5.97 Å². The molecular weight excluding hydrogens is 320 g/mol. The molecule has 0 fully saturated rings. The molecule has 0 atom stereocenters. The molecule has 0 aliphatic carbocycles. The lowest BCUT2D eigenvalue weighted by Crippen LogP contribution is -2.16. The van der Waals surface area contributed by atoms with Crippen LogP contribution in [0.25, 0.3) is 0 Å². The number of ether oxygens (including phenoxy) is 1. The van der Waals surface area contributed by atoms with Crippen LogP contribution in [-0.2, 0) is 21.2 Å². The molecule has 0 aliphatic rings. The molecule has 1 aromatic carbocycles. The van der Waals surface area contributed by atoms with E-state index in [2.05, 4.69) is 9.88 Å². The monoisotopic (exact) mass is 338 g/mol. The molecule has 124 valence electrons. The molecule has 0 saturated carbocycles. The number of carbonyl (C=O) groups excluding carboxylic acids is 1. The zero-order chi connectivity index (χ0) is 17.0. The molecule has 0 bridgehead atoms. The van der Waals surface area contributed by atoms with E-state index in [1.807, 2.05) is 6.92 Å². The smallest absolute Gasteiger partial charge is 0.345 e. The first-order valence-electron chi connectivity index (χ1n) is 7.14. The van der Waals surface area contributed by atoms with Crippen LogP contribution in [0.1, 0.15) is 35.5 Å². The zero-order valence-corrected chi connectivity index (χ0v) is 13.9. The number of rotatable bonds is 6. The van der Waals surface area contributed by atoms with Gasteiger partial charge in [-0.1, -0.05) is 24.2 Å². The van der Waals surface area contributed by atoms with Crippen LogP contribution < -0.4 is 4.72 Å². The molecule has 2 rings (SSSR count). The number of anilines is 1. The van der Waals surface area contributed by atoms with Crippen LogP contribution in [-0.4, -0.2) is 26.2 Å². The average Bonchev–Trinajstić information content (AvgIpc) is 2.87. The fourth-order valence-electron chi connectivity index (χ4n) is 1.97. The molecule has 0 spiro atoms. The van der Waals surface area contributed by atoms with E-state index in [0.717, 1.165) is 12.0 Å². The number of benzene rings is 1. The number of esters is 1. The first kappa shape index (κ1) is 17.0. The summed E-state index contributed by atoms with van der Waals surface area (Å²) in [7, 11) is -3.89. The Morgan fingerprint density at radius 2 is 1.91 bits per heavy atom. The summed E-state index contributed by atoms with van der Waals surface area (Å²) in [5.41, 5.74) is 1.25. The van der Waals surface area contributed by atoms with Gasteiger partial charge in [0.05, 0.1) is 17.2 Å². The summed E-state index contributed by atoms with van der Waals surface area (Å²) in [4.78, 5) is 12.0. The summed E-state index contributed by atoms with van der Waals surface area (Å²) in [6.07, 6.45) is 0.808. The molecule has 23 heavy (non-hydrogen) atoms. The van der Waals surface area contributed by atoms with Crippen molar-refractivity contribution >= 4 is 21.9 Å². The largest absolute Gasteiger partial charge is 0.462 e. The molecule has 2 aromatic rings. The maximum Gasteiger partial charge on any atom is 0.345 e. The summed E-state index contributed by atoms with van der Waals surface area (Å²) in [5.74, 6) is -0.939. The van der Waals surface area contributed by atoms with Crippen molar-refractivity contribution in [3.8, 4) is 0 Å². The highest BCUT2D eigenvalue weighted by Gasteiger charge is 2.26. The summed E-state index contributed by atoms with van der Waals surface area (Å²) in [6.45, 7) is 5.32. The van der Waals surface area contributed by atoms with Crippen molar-refractivity contribution in [1.82, 2.24) is 5.16 Å². The second-order valence-electron chi connectivity index (χ2n) is 4.80. The zero-order valence-electron chi connectivity index (χ0n) is 13.1. The van der Waals surface area contributed by atoms with Crippen molar-refractivity contribution in [2.24, 2.45) is 0 Å². The van der Waals surface area contributed by atoms with Gasteiger partial charge in [0.15, 0.2) is 0 Å². The summed E-state index contributed by atoms with van der Waals surface area (Å²) in [6, 6.07) is 6.45. The van der Waals surface area contributed by atoms with Crippen LogP contribution in [0.3, 0.4) is 0 Å². The molecule has 0 aliphatic heterocycles. The number of nitrogens with one attached hydrogen (secondary N) is 1. The Morgan fingerprint density at radius 1 is 1.26 bits per heavy atom. The molecule has 1 N–H and O–H groups in total. The molecule has 0 amide bonds. The third-order valence-electron chi connectivity index (χ3n) is 3.21. The normalized spacial score (nSPS) is 11.3. The van der Waals surface area contributed by atoms with E-state index >= 15 is 0 Å². The molecular formula is C15H18N2O5S. The Labute approximate surface area is 134 Å². The number of sulfonamides is 1. The lowest BCUT2D eigenvalue weighted by molar-refractivity contribution is 0.0526. The van der Waals surface area contributed by atoms with Crippen molar-refractivity contribution in [1.29, 1.82) is 0 Å². The van der Waals surface area contributed by atoms with Crippen LogP contribution in [0.5, 0.6) is 0 Å². The minimum absolute atomic E-state index is 0.0272. The quantitative estimate of drug-likeness (QED) is 0.813. The minimum atomic E-state index is -3.89. The fraction of sp³-hybridized carbons (Fsp3) is 0.333. The van der Waals surface area contributed by atoms with Gasteiger partial charge in [0.1, 0.15) is 5.56 Å². The van der Waals surface area contributed by atoms with E-state index in [9.17, 15) is 13.2 Å². The second-order valence-corrected chi connectivity index (χ2v) is 6.48. The van der Waals surface area contributed by atoms with Gasteiger partial charge in [-0.15, -0.1) is 0 Å². The van der Waals surface area contributed by atoms with Gasteiger partial charge in [0.2, 0.25) is 0 Å². The van der Waals surface area contributed by atoms with Gasteiger partial charge in [-0.2, -0.15) is 0 Å². The molecule has 7 nitrogen and oxygen atoms in total. The minimum Gasteiger partial charge on any atom is -0.462 e. The van der Waals surface area contributed by atoms with Crippen LogP contribution >= 0.6 is 0 Å². The van der Waals surface area contributed by atoms with Crippen molar-refractivity contribution < 1.29 is 22.5 Å². The van der Waals surface area contributed by atoms with Crippen LogP contribution in [0, 0.1) is 6.92 Å². The first-order valence-corrected chi connectivity index (χ1v) is 8.62. The number of aryl methyl sites for hydroxylation is 2. The maximum atomic E-state index is 12.4. The number of carbonyl (C=O) groups is 1. The van der Waals surface area contributed by atoms with Crippen molar-refractivity contribution in [3.63, 3.8) is 0 Å². The Morgan fingerprint density at radius 3 is 2.48 bits per heavy atom. The first-order chi connectivity index (χ1) is 10.9. The highest BCUT2D eigenvalue weighted by Crippen LogP contribution is 2.24. The van der Waals surface area contributed by atoms with E-state index in [4.69, 9.17) is 9.26 Å². The van der Waals surface area contributed by atoms with E-state index in [0.29, 0.717) is 0 Å². The number of nitrogens with zero attached hydrogens (tertiary/aromatic N) is 1. The summed E-state index contributed by atoms with van der Waals surface area (Å²) in [5, 5.41) is 3.62. The second kappa shape index (κ2) is 6.82. The highest BCUT2D eigenvalue weighted by atomic mass is 32.2. The molecule has 1 heterocycles. The molecule has 8 heteroatoms. The van der Waals surface area contributed by atoms with E-state index < -0.39 is 16.0 Å². The van der Waals surface area contributed by atoms with Crippen molar-refractivity contribution in [2.75, 3.05) is 11.3 Å². The maximum absolute atomic E-state index is 12.4. The molecule has 0 radical (unpaired) electrons. The number of aromatic nitrogens is 1. The number of hydrogen-bond acceptors (Lipinski definition) is 6. The Bertz CT molecular complexity index is 794. The molecule has 0 unspecified atom stereocenters. The lowest BCUT2D eigenvalue weighted by atomic mass is 10.2. The van der Waals surface area contributed by atoms with Gasteiger partial charge in [0, 0.05) is 0 Å². The topological polar surface area (TPSA) is 98.5 Å². The van der Waals surface area contributed by atoms with Gasteiger partial charge in [-0.25, -0.2) is 17.9 Å².